The molecular weight excluding hydrogens is 1270 g/mol. The Labute approximate surface area is 583 Å². The summed E-state index contributed by atoms with van der Waals surface area (Å²) in [5.41, 5.74) is -18.6. The van der Waals surface area contributed by atoms with Gasteiger partial charge in [0.1, 0.15) is 0 Å². The van der Waals surface area contributed by atoms with Gasteiger partial charge < -0.3 is 0 Å². The molecule has 98 heavy (non-hydrogen) atoms. The van der Waals surface area contributed by atoms with Crippen LogP contribution in [0.4, 0.5) is 17.6 Å². The van der Waals surface area contributed by atoms with Crippen molar-refractivity contribution < 1.29 is 54.4 Å². The van der Waals surface area contributed by atoms with Gasteiger partial charge in [-0.25, -0.2) is 0 Å². The van der Waals surface area contributed by atoms with Crippen molar-refractivity contribution in [2.45, 2.75) is 234 Å². The highest BCUT2D eigenvalue weighted by Gasteiger charge is 2.70. The first-order valence-corrected chi connectivity index (χ1v) is 37.1. The van der Waals surface area contributed by atoms with Crippen LogP contribution in [-0.2, 0) is 73.1 Å². The van der Waals surface area contributed by atoms with Crippen molar-refractivity contribution in [3.05, 3.63) is 250 Å². The number of alkyl halides is 4. The second kappa shape index (κ2) is 27.3. The molecule has 7 aromatic rings. The first-order chi connectivity index (χ1) is 44.6. The second-order valence-electron chi connectivity index (χ2n) is 34.6. The highest BCUT2D eigenvalue weighted by atomic mass is 31.2. The molecule has 2 atom stereocenters. The maximum atomic E-state index is 17.3. The third kappa shape index (κ3) is 15.0. The van der Waals surface area contributed by atoms with E-state index in [-0.39, 0.29) is 24.4 Å². The molecule has 0 aliphatic heterocycles. The molecule has 0 amide bonds. The zero-order valence-corrected chi connectivity index (χ0v) is 64.4. The SMILES string of the molecule is CC(C)(C)OP(=O)(OC(C)(C)C)C(F)(F)c1ccc(CC(C(=O)c2ccccc2)(c2ccccc2)C(c2ccc(C(C(C)(C)C)(C(C)(C)C)C(Cc3ccc(C(F)(F)P(=O)(OC(C)(C)C)OC(C)(C)C)cc3)(C(=O)c3ccccc3)c3ccccc3)cc2)(C(C)(C)C)C(C)(C)C)cc1. The predicted octanol–water partition coefficient (Wildman–Crippen LogP) is 24.2. The van der Waals surface area contributed by atoms with Crippen LogP contribution >= 0.6 is 15.2 Å². The number of rotatable bonds is 22. The maximum Gasteiger partial charge on any atom is 0.405 e. The number of hydrogen-bond acceptors (Lipinski definition) is 8. The lowest BCUT2D eigenvalue weighted by Crippen LogP contribution is -2.68. The average Bonchev–Trinajstić information content (AvgIpc) is 0.678. The molecule has 0 aliphatic rings. The first-order valence-electron chi connectivity index (χ1n) is 34.0. The van der Waals surface area contributed by atoms with E-state index in [1.807, 2.05) is 121 Å². The highest BCUT2D eigenvalue weighted by molar-refractivity contribution is 7.55. The summed E-state index contributed by atoms with van der Waals surface area (Å²) in [6.45, 7) is 44.4. The molecule has 0 heterocycles. The Morgan fingerprint density at radius 2 is 0.490 bits per heavy atom. The van der Waals surface area contributed by atoms with E-state index in [4.69, 9.17) is 18.1 Å². The van der Waals surface area contributed by atoms with Gasteiger partial charge in [0, 0.05) is 33.1 Å². The first kappa shape index (κ1) is 79.2. The molecule has 530 valence electrons. The van der Waals surface area contributed by atoms with E-state index < -0.39 is 103 Å². The van der Waals surface area contributed by atoms with Gasteiger partial charge in [-0.2, -0.15) is 17.6 Å². The lowest BCUT2D eigenvalue weighted by Gasteiger charge is -2.65. The topological polar surface area (TPSA) is 105 Å². The smallest absolute Gasteiger partial charge is 0.298 e. The van der Waals surface area contributed by atoms with Crippen molar-refractivity contribution in [1.29, 1.82) is 0 Å². The minimum atomic E-state index is -5.23. The second-order valence-corrected chi connectivity index (χ2v) is 38.5. The van der Waals surface area contributed by atoms with Crippen LogP contribution in [0.3, 0.4) is 0 Å². The molecule has 7 aromatic carbocycles. The van der Waals surface area contributed by atoms with Crippen LogP contribution in [0.5, 0.6) is 0 Å². The minimum absolute atomic E-state index is 0.00631. The largest absolute Gasteiger partial charge is 0.405 e. The van der Waals surface area contributed by atoms with E-state index in [1.165, 1.54) is 24.3 Å². The number of Topliss-reactive ketones (excluding diaryl/α,β-unsaturated/α-hetero) is 2. The Kier molecular flexibility index (Phi) is 22.1. The van der Waals surface area contributed by atoms with E-state index in [0.29, 0.717) is 33.4 Å². The molecule has 7 rings (SSSR count). The molecule has 8 nitrogen and oxygen atoms in total. The molecule has 0 fully saturated rings. The Bertz CT molecular complexity index is 3640. The van der Waals surface area contributed by atoms with Crippen LogP contribution < -0.4 is 0 Å². The lowest BCUT2D eigenvalue weighted by molar-refractivity contribution is -0.0225. The Morgan fingerprint density at radius 3 is 0.694 bits per heavy atom. The molecular formula is C84H108F4O8P2. The van der Waals surface area contributed by atoms with Crippen LogP contribution in [-0.4, -0.2) is 34.0 Å². The standard InChI is InChI=1S/C84H108F4O8P2/c1-71(2,3)81(72(4,5)6,79(63-41-33-27-34-42-63,69(89)61-37-29-25-30-38-61)57-59-45-49-67(50-46-59)83(85,86)97(91,93-75(13,14)15)94-76(16,17)18)65-53-55-66(56-54-65)82(73(7,8)9,74(10,11)12)80(64-43-35-28-36-44-64,70(90)62-39-31-26-32-40-62)58-60-47-51-68(52-48-60)84(87,88)98(92,95-77(19,20)21)96-78(22,23)24/h25-56H,57-58H2,1-24H3. The zero-order chi connectivity index (χ0) is 73.8. The quantitative estimate of drug-likeness (QED) is 0.0375. The van der Waals surface area contributed by atoms with Gasteiger partial charge in [0.05, 0.1) is 33.2 Å². The van der Waals surface area contributed by atoms with Gasteiger partial charge >= 0.3 is 26.5 Å². The molecule has 0 spiro atoms. The summed E-state index contributed by atoms with van der Waals surface area (Å²) in [5, 5.41) is 0. The Balaban J connectivity index is 1.61. The van der Waals surface area contributed by atoms with Gasteiger partial charge in [-0.3, -0.25) is 36.8 Å². The van der Waals surface area contributed by atoms with E-state index in [1.54, 1.807) is 107 Å². The van der Waals surface area contributed by atoms with Gasteiger partial charge in [0.15, 0.2) is 11.6 Å². The van der Waals surface area contributed by atoms with E-state index in [2.05, 4.69) is 107 Å². The molecule has 0 aliphatic carbocycles. The van der Waals surface area contributed by atoms with E-state index in [9.17, 15) is 9.13 Å². The van der Waals surface area contributed by atoms with Crippen LogP contribution in [0.1, 0.15) is 231 Å². The number of hydrogen-bond donors (Lipinski definition) is 0. The molecule has 0 saturated heterocycles. The molecule has 0 bridgehead atoms. The Morgan fingerprint density at radius 1 is 0.286 bits per heavy atom. The molecule has 0 aromatic heterocycles. The average molecular weight is 1380 g/mol. The predicted molar refractivity (Wildman–Crippen MR) is 392 cm³/mol. The molecule has 0 N–H and O–H groups in total. The summed E-state index contributed by atoms with van der Waals surface area (Å²) in [7, 11) is -10.5. The molecule has 0 saturated carbocycles. The lowest BCUT2D eigenvalue weighted by atomic mass is 9.36. The van der Waals surface area contributed by atoms with Crippen molar-refractivity contribution in [2.24, 2.45) is 21.7 Å². The summed E-state index contributed by atoms with van der Waals surface area (Å²) in [6.07, 6.45) is -0.0126. The van der Waals surface area contributed by atoms with Crippen molar-refractivity contribution in [3.63, 3.8) is 0 Å². The van der Waals surface area contributed by atoms with Gasteiger partial charge in [-0.15, -0.1) is 0 Å². The number of ketones is 2. The summed E-state index contributed by atoms with van der Waals surface area (Å²) in [6, 6.07) is 57.6. The third-order valence-corrected chi connectivity index (χ3v) is 23.8. The number of benzene rings is 7. The summed E-state index contributed by atoms with van der Waals surface area (Å²) in [5.74, 6) is -0.417. The number of halogens is 4. The highest BCUT2D eigenvalue weighted by Crippen LogP contribution is 2.73. The van der Waals surface area contributed by atoms with Gasteiger partial charge in [0.2, 0.25) is 0 Å². The summed E-state index contributed by atoms with van der Waals surface area (Å²) < 4.78 is 121. The fraction of sp³-hybridized carbons (Fsp3) is 0.476. The van der Waals surface area contributed by atoms with Crippen LogP contribution in [0, 0.1) is 21.7 Å². The molecule has 0 radical (unpaired) electrons. The van der Waals surface area contributed by atoms with E-state index in [0.717, 1.165) is 11.1 Å². The Hall–Kier alpha value is -6.10. The van der Waals surface area contributed by atoms with Gasteiger partial charge in [-0.05, 0) is 151 Å². The third-order valence-electron chi connectivity index (χ3n) is 18.7. The monoisotopic (exact) mass is 1380 g/mol. The van der Waals surface area contributed by atoms with Crippen LogP contribution in [0.2, 0.25) is 0 Å². The van der Waals surface area contributed by atoms with Crippen molar-refractivity contribution in [3.8, 4) is 0 Å². The minimum Gasteiger partial charge on any atom is -0.298 e. The fourth-order valence-electron chi connectivity index (χ4n) is 17.1. The molecule has 14 heteroatoms. The summed E-state index contributed by atoms with van der Waals surface area (Å²) in [4.78, 5) is 34.2. The number of carbonyl (C=O) groups is 2. The van der Waals surface area contributed by atoms with Crippen molar-refractivity contribution in [2.75, 3.05) is 0 Å². The maximum absolute atomic E-state index is 17.3. The van der Waals surface area contributed by atoms with Gasteiger partial charge in [-0.1, -0.05) is 277 Å². The fourth-order valence-corrected chi connectivity index (χ4v) is 21.4. The molecule has 2 unspecified atom stereocenters. The number of carbonyl (C=O) groups excluding carboxylic acids is 2. The zero-order valence-electron chi connectivity index (χ0n) is 62.6. The summed E-state index contributed by atoms with van der Waals surface area (Å²) >= 11 is 0. The van der Waals surface area contributed by atoms with Gasteiger partial charge in [0.25, 0.3) is 0 Å². The van der Waals surface area contributed by atoms with E-state index >= 15 is 27.2 Å². The van der Waals surface area contributed by atoms with Crippen molar-refractivity contribution >= 4 is 26.8 Å². The van der Waals surface area contributed by atoms with Crippen LogP contribution in [0.15, 0.2) is 194 Å². The van der Waals surface area contributed by atoms with Crippen LogP contribution in [0.25, 0.3) is 0 Å². The normalized spacial score (nSPS) is 15.3. The van der Waals surface area contributed by atoms with Crippen molar-refractivity contribution in [1.82, 2.24) is 0 Å².